The Bertz CT molecular complexity index is 629. The van der Waals surface area contributed by atoms with Crippen molar-refractivity contribution in [3.8, 4) is 11.5 Å². The lowest BCUT2D eigenvalue weighted by Gasteiger charge is -2.27. The van der Waals surface area contributed by atoms with Gasteiger partial charge in [-0.1, -0.05) is 25.6 Å². The Morgan fingerprint density at radius 1 is 1.43 bits per heavy atom. The molecule has 5 nitrogen and oxygen atoms in total. The summed E-state index contributed by atoms with van der Waals surface area (Å²) in [6.07, 6.45) is 3.41. The molecular formula is C17H27N3O2Si. The van der Waals surface area contributed by atoms with E-state index in [-0.39, 0.29) is 12.1 Å². The smallest absolute Gasteiger partial charge is 0.410 e. The van der Waals surface area contributed by atoms with E-state index in [1.807, 2.05) is 27.0 Å². The lowest BCUT2D eigenvalue weighted by Crippen LogP contribution is -2.36. The molecule has 0 unspecified atom stereocenters. The first kappa shape index (κ1) is 17.6. The SMILES string of the molecule is CC(C)(C)OC(=O)N1CCC[C@H]1c1nc(C#C[Si](C)(C)C)c[nH]1. The van der Waals surface area contributed by atoms with E-state index in [1.165, 1.54) is 0 Å². The van der Waals surface area contributed by atoms with Crippen molar-refractivity contribution in [1.82, 2.24) is 14.9 Å². The minimum atomic E-state index is -1.42. The number of carbonyl (C=O) groups is 1. The van der Waals surface area contributed by atoms with Crippen molar-refractivity contribution < 1.29 is 9.53 Å². The summed E-state index contributed by atoms with van der Waals surface area (Å²) >= 11 is 0. The van der Waals surface area contributed by atoms with Gasteiger partial charge in [0.2, 0.25) is 0 Å². The van der Waals surface area contributed by atoms with E-state index in [1.54, 1.807) is 4.90 Å². The van der Waals surface area contributed by atoms with Crippen LogP contribution in [0.15, 0.2) is 6.20 Å². The van der Waals surface area contributed by atoms with Crippen molar-refractivity contribution >= 4 is 14.2 Å². The lowest BCUT2D eigenvalue weighted by atomic mass is 10.2. The maximum atomic E-state index is 12.3. The number of nitrogens with one attached hydrogen (secondary N) is 1. The molecule has 0 saturated carbocycles. The fraction of sp³-hybridized carbons (Fsp3) is 0.647. The number of nitrogens with zero attached hydrogens (tertiary/aromatic N) is 2. The highest BCUT2D eigenvalue weighted by atomic mass is 28.3. The first-order chi connectivity index (χ1) is 10.6. The summed E-state index contributed by atoms with van der Waals surface area (Å²) in [5, 5.41) is 0. The molecule has 0 aromatic carbocycles. The van der Waals surface area contributed by atoms with Gasteiger partial charge < -0.3 is 9.72 Å². The van der Waals surface area contributed by atoms with Gasteiger partial charge >= 0.3 is 6.09 Å². The maximum Gasteiger partial charge on any atom is 0.410 e. The number of imidazole rings is 1. The minimum absolute atomic E-state index is 0.0488. The molecule has 1 saturated heterocycles. The number of hydrogen-bond donors (Lipinski definition) is 1. The summed E-state index contributed by atoms with van der Waals surface area (Å²) in [6, 6.07) is -0.0488. The Balaban J connectivity index is 2.13. The van der Waals surface area contributed by atoms with E-state index in [9.17, 15) is 4.79 Å². The molecule has 1 N–H and O–H groups in total. The van der Waals surface area contributed by atoms with Crippen LogP contribution in [0.3, 0.4) is 0 Å². The molecule has 6 heteroatoms. The molecule has 1 aliphatic heterocycles. The number of rotatable bonds is 1. The van der Waals surface area contributed by atoms with Crippen molar-refractivity contribution in [1.29, 1.82) is 0 Å². The third-order valence-electron chi connectivity index (χ3n) is 3.36. The predicted octanol–water partition coefficient (Wildman–Crippen LogP) is 3.71. The molecule has 0 spiro atoms. The number of amides is 1. The number of ether oxygens (including phenoxy) is 1. The second kappa shape index (κ2) is 6.40. The first-order valence-electron chi connectivity index (χ1n) is 8.13. The van der Waals surface area contributed by atoms with Crippen LogP contribution in [0.1, 0.15) is 51.2 Å². The van der Waals surface area contributed by atoms with Gasteiger partial charge in [0.05, 0.1) is 6.04 Å². The summed E-state index contributed by atoms with van der Waals surface area (Å²) in [6.45, 7) is 13.0. The van der Waals surface area contributed by atoms with Crippen LogP contribution in [-0.4, -0.2) is 41.2 Å². The second-order valence-electron chi connectivity index (χ2n) is 8.00. The molecule has 0 radical (unpaired) electrons. The van der Waals surface area contributed by atoms with Crippen molar-refractivity contribution in [2.45, 2.75) is 64.9 Å². The van der Waals surface area contributed by atoms with E-state index >= 15 is 0 Å². The van der Waals surface area contributed by atoms with Crippen molar-refractivity contribution in [3.05, 3.63) is 17.7 Å². The van der Waals surface area contributed by atoms with E-state index < -0.39 is 13.7 Å². The highest BCUT2D eigenvalue weighted by molar-refractivity contribution is 6.83. The summed E-state index contributed by atoms with van der Waals surface area (Å²) in [7, 11) is -1.42. The van der Waals surface area contributed by atoms with Crippen molar-refractivity contribution in [3.63, 3.8) is 0 Å². The highest BCUT2D eigenvalue weighted by Gasteiger charge is 2.34. The van der Waals surface area contributed by atoms with Gasteiger partial charge in [-0.3, -0.25) is 4.90 Å². The Morgan fingerprint density at radius 3 is 2.74 bits per heavy atom. The number of likely N-dealkylation sites (tertiary alicyclic amines) is 1. The van der Waals surface area contributed by atoms with Crippen LogP contribution in [0.4, 0.5) is 4.79 Å². The largest absolute Gasteiger partial charge is 0.444 e. The molecule has 126 valence electrons. The molecule has 0 bridgehead atoms. The summed E-state index contributed by atoms with van der Waals surface area (Å²) in [5.74, 6) is 3.94. The molecular weight excluding hydrogens is 306 g/mol. The van der Waals surface area contributed by atoms with E-state index in [0.29, 0.717) is 6.54 Å². The zero-order valence-corrected chi connectivity index (χ0v) is 16.0. The van der Waals surface area contributed by atoms with Crippen LogP contribution in [0, 0.1) is 11.5 Å². The van der Waals surface area contributed by atoms with Gasteiger partial charge in [-0.15, -0.1) is 5.54 Å². The van der Waals surface area contributed by atoms with Gasteiger partial charge in [0.15, 0.2) is 0 Å². The van der Waals surface area contributed by atoms with Gasteiger partial charge in [0.25, 0.3) is 0 Å². The van der Waals surface area contributed by atoms with Gasteiger partial charge in [0.1, 0.15) is 25.2 Å². The fourth-order valence-electron chi connectivity index (χ4n) is 2.41. The molecule has 0 aliphatic carbocycles. The predicted molar refractivity (Wildman–Crippen MR) is 93.7 cm³/mol. The normalized spacial score (nSPS) is 18.5. The third kappa shape index (κ3) is 5.14. The average Bonchev–Trinajstić information content (AvgIpc) is 3.02. The van der Waals surface area contributed by atoms with Crippen LogP contribution in [0.5, 0.6) is 0 Å². The van der Waals surface area contributed by atoms with Gasteiger partial charge in [-0.25, -0.2) is 9.78 Å². The average molecular weight is 334 g/mol. The van der Waals surface area contributed by atoms with Crippen LogP contribution in [0.25, 0.3) is 0 Å². The zero-order chi connectivity index (χ0) is 17.3. The molecule has 1 atom stereocenters. The Labute approximate surface area is 139 Å². The molecule has 1 fully saturated rings. The van der Waals surface area contributed by atoms with Crippen molar-refractivity contribution in [2.75, 3.05) is 6.54 Å². The fourth-order valence-corrected chi connectivity index (χ4v) is 2.92. The first-order valence-corrected chi connectivity index (χ1v) is 11.6. The van der Waals surface area contributed by atoms with Crippen LogP contribution < -0.4 is 0 Å². The molecule has 23 heavy (non-hydrogen) atoms. The Kier molecular flexibility index (Phi) is 4.90. The van der Waals surface area contributed by atoms with Crippen LogP contribution in [0.2, 0.25) is 19.6 Å². The summed E-state index contributed by atoms with van der Waals surface area (Å²) in [4.78, 5) is 21.9. The number of H-pyrrole nitrogens is 1. The molecule has 1 amide bonds. The van der Waals surface area contributed by atoms with Crippen LogP contribution >= 0.6 is 0 Å². The van der Waals surface area contributed by atoms with E-state index in [4.69, 9.17) is 4.74 Å². The zero-order valence-electron chi connectivity index (χ0n) is 15.0. The second-order valence-corrected chi connectivity index (χ2v) is 12.8. The quantitative estimate of drug-likeness (QED) is 0.629. The monoisotopic (exact) mass is 333 g/mol. The molecule has 2 rings (SSSR count). The Hall–Kier alpha value is -1.74. The molecule has 2 heterocycles. The minimum Gasteiger partial charge on any atom is -0.444 e. The number of hydrogen-bond acceptors (Lipinski definition) is 3. The van der Waals surface area contributed by atoms with Gasteiger partial charge in [0, 0.05) is 12.7 Å². The van der Waals surface area contributed by atoms with E-state index in [0.717, 1.165) is 24.4 Å². The van der Waals surface area contributed by atoms with E-state index in [2.05, 4.69) is 41.1 Å². The van der Waals surface area contributed by atoms with Gasteiger partial charge in [-0.2, -0.15) is 0 Å². The molecule has 1 aromatic rings. The lowest BCUT2D eigenvalue weighted by molar-refractivity contribution is 0.0218. The number of aromatic amines is 1. The maximum absolute atomic E-state index is 12.3. The Morgan fingerprint density at radius 2 is 2.13 bits per heavy atom. The number of aromatic nitrogens is 2. The van der Waals surface area contributed by atoms with Gasteiger partial charge in [-0.05, 0) is 33.6 Å². The molecule has 1 aliphatic rings. The van der Waals surface area contributed by atoms with Crippen molar-refractivity contribution in [2.24, 2.45) is 0 Å². The third-order valence-corrected chi connectivity index (χ3v) is 4.23. The number of carbonyl (C=O) groups excluding carboxylic acids is 1. The summed E-state index contributed by atoms with van der Waals surface area (Å²) in [5.41, 5.74) is 3.57. The standard InChI is InChI=1S/C17H27N3O2Si/c1-17(2,3)22-16(21)20-10-7-8-14(20)15-18-12-13(19-15)9-11-23(4,5)6/h12,14H,7-8,10H2,1-6H3,(H,18,19)/t14-/m0/s1. The van der Waals surface area contributed by atoms with Crippen LogP contribution in [-0.2, 0) is 4.74 Å². The topological polar surface area (TPSA) is 58.2 Å². The highest BCUT2D eigenvalue weighted by Crippen LogP contribution is 2.31. The summed E-state index contributed by atoms with van der Waals surface area (Å²) < 4.78 is 5.50. The molecule has 1 aromatic heterocycles.